The average molecular weight is 251 g/mol. The molecule has 1 unspecified atom stereocenters. The van der Waals surface area contributed by atoms with Gasteiger partial charge in [0, 0.05) is 32.2 Å². The first-order valence-electron chi connectivity index (χ1n) is 5.47. The smallest absolute Gasteiger partial charge is 0.211 e. The molecule has 0 amide bonds. The van der Waals surface area contributed by atoms with Crippen molar-refractivity contribution in [3.8, 4) is 0 Å². The summed E-state index contributed by atoms with van der Waals surface area (Å²) >= 11 is 0. The Balaban J connectivity index is 2.27. The number of nitrogens with zero attached hydrogens (tertiary/aromatic N) is 2. The molecule has 0 bridgehead atoms. The van der Waals surface area contributed by atoms with E-state index in [1.54, 1.807) is 0 Å². The standard InChI is InChI=1S/C9H21N3O3S/c1-16(14,15)12-6-4-11(5-7-12)3-2-9(10)8-13/h9,13H,2-8,10H2,1H3. The van der Waals surface area contributed by atoms with Crippen LogP contribution >= 0.6 is 0 Å². The Morgan fingerprint density at radius 2 is 1.88 bits per heavy atom. The SMILES string of the molecule is CS(=O)(=O)N1CCN(CCC(N)CO)CC1. The predicted molar refractivity (Wildman–Crippen MR) is 62.5 cm³/mol. The average Bonchev–Trinajstić information content (AvgIpc) is 2.25. The van der Waals surface area contributed by atoms with Crippen LogP contribution in [0.3, 0.4) is 0 Å². The van der Waals surface area contributed by atoms with E-state index in [1.807, 2.05) is 0 Å². The molecule has 0 saturated carbocycles. The maximum atomic E-state index is 11.3. The molecule has 1 rings (SSSR count). The molecule has 1 heterocycles. The van der Waals surface area contributed by atoms with Crippen LogP contribution in [-0.4, -0.2) is 74.4 Å². The lowest BCUT2D eigenvalue weighted by atomic mass is 10.2. The first-order valence-corrected chi connectivity index (χ1v) is 7.32. The molecule has 0 radical (unpaired) electrons. The van der Waals surface area contributed by atoms with Crippen LogP contribution in [0.4, 0.5) is 0 Å². The van der Waals surface area contributed by atoms with Crippen LogP contribution in [0.25, 0.3) is 0 Å². The van der Waals surface area contributed by atoms with Crippen molar-refractivity contribution in [2.75, 3.05) is 45.6 Å². The summed E-state index contributed by atoms with van der Waals surface area (Å²) in [5, 5.41) is 8.78. The van der Waals surface area contributed by atoms with Crippen LogP contribution < -0.4 is 5.73 Å². The zero-order chi connectivity index (χ0) is 12.2. The summed E-state index contributed by atoms with van der Waals surface area (Å²) in [6.07, 6.45) is 1.99. The zero-order valence-corrected chi connectivity index (χ0v) is 10.5. The Morgan fingerprint density at radius 3 is 2.31 bits per heavy atom. The normalized spacial score (nSPS) is 22.2. The number of aliphatic hydroxyl groups excluding tert-OH is 1. The van der Waals surface area contributed by atoms with Crippen LogP contribution in [0.5, 0.6) is 0 Å². The van der Waals surface area contributed by atoms with Crippen LogP contribution in [-0.2, 0) is 10.0 Å². The highest BCUT2D eigenvalue weighted by Gasteiger charge is 2.23. The Bertz CT molecular complexity index is 299. The Kier molecular flexibility index (Phi) is 5.13. The van der Waals surface area contributed by atoms with Gasteiger partial charge in [-0.05, 0) is 13.0 Å². The molecule has 1 fully saturated rings. The Labute approximate surface area is 97.1 Å². The van der Waals surface area contributed by atoms with E-state index in [2.05, 4.69) is 4.90 Å². The monoisotopic (exact) mass is 251 g/mol. The lowest BCUT2D eigenvalue weighted by Crippen LogP contribution is -2.49. The van der Waals surface area contributed by atoms with Crippen molar-refractivity contribution < 1.29 is 13.5 Å². The molecule has 0 aliphatic carbocycles. The number of rotatable bonds is 5. The first kappa shape index (κ1) is 13.9. The van der Waals surface area contributed by atoms with E-state index in [0.717, 1.165) is 26.1 Å². The molecular weight excluding hydrogens is 230 g/mol. The second kappa shape index (κ2) is 5.92. The molecule has 1 atom stereocenters. The van der Waals surface area contributed by atoms with Gasteiger partial charge in [0.1, 0.15) is 0 Å². The largest absolute Gasteiger partial charge is 0.395 e. The van der Waals surface area contributed by atoms with E-state index in [0.29, 0.717) is 13.1 Å². The quantitative estimate of drug-likeness (QED) is 0.606. The van der Waals surface area contributed by atoms with Gasteiger partial charge in [-0.15, -0.1) is 0 Å². The minimum absolute atomic E-state index is 0.00328. The van der Waals surface area contributed by atoms with Gasteiger partial charge in [0.25, 0.3) is 0 Å². The molecule has 3 N–H and O–H groups in total. The Morgan fingerprint density at radius 1 is 1.31 bits per heavy atom. The molecule has 6 nitrogen and oxygen atoms in total. The van der Waals surface area contributed by atoms with Gasteiger partial charge in [0.2, 0.25) is 10.0 Å². The number of sulfonamides is 1. The van der Waals surface area contributed by atoms with Gasteiger partial charge in [0.15, 0.2) is 0 Å². The van der Waals surface area contributed by atoms with Crippen molar-refractivity contribution in [2.24, 2.45) is 5.73 Å². The summed E-state index contributed by atoms with van der Waals surface area (Å²) in [7, 11) is -3.04. The minimum Gasteiger partial charge on any atom is -0.395 e. The fourth-order valence-corrected chi connectivity index (χ4v) is 2.55. The summed E-state index contributed by atoms with van der Waals surface area (Å²) in [6, 6.07) is -0.173. The number of hydrogen-bond donors (Lipinski definition) is 2. The van der Waals surface area contributed by atoms with Gasteiger partial charge in [0.05, 0.1) is 12.9 Å². The van der Waals surface area contributed by atoms with E-state index in [-0.39, 0.29) is 12.6 Å². The summed E-state index contributed by atoms with van der Waals surface area (Å²) < 4.78 is 24.0. The molecule has 0 aromatic heterocycles. The zero-order valence-electron chi connectivity index (χ0n) is 9.67. The van der Waals surface area contributed by atoms with Crippen LogP contribution in [0.15, 0.2) is 0 Å². The third-order valence-corrected chi connectivity index (χ3v) is 4.15. The van der Waals surface area contributed by atoms with E-state index in [4.69, 9.17) is 10.8 Å². The lowest BCUT2D eigenvalue weighted by molar-refractivity contribution is 0.174. The fraction of sp³-hybridized carbons (Fsp3) is 1.00. The number of hydrogen-bond acceptors (Lipinski definition) is 5. The molecule has 0 aromatic rings. The molecule has 7 heteroatoms. The van der Waals surface area contributed by atoms with Crippen LogP contribution in [0.2, 0.25) is 0 Å². The second-order valence-electron chi connectivity index (χ2n) is 4.24. The maximum absolute atomic E-state index is 11.3. The summed E-state index contributed by atoms with van der Waals surface area (Å²) in [4.78, 5) is 2.18. The molecule has 0 aromatic carbocycles. The van der Waals surface area contributed by atoms with Crippen molar-refractivity contribution in [3.05, 3.63) is 0 Å². The van der Waals surface area contributed by atoms with Gasteiger partial charge < -0.3 is 15.7 Å². The third kappa shape index (κ3) is 4.34. The van der Waals surface area contributed by atoms with Crippen LogP contribution in [0.1, 0.15) is 6.42 Å². The highest BCUT2D eigenvalue weighted by atomic mass is 32.2. The summed E-state index contributed by atoms with van der Waals surface area (Å²) in [6.45, 7) is 3.40. The second-order valence-corrected chi connectivity index (χ2v) is 6.22. The van der Waals surface area contributed by atoms with Gasteiger partial charge in [-0.25, -0.2) is 8.42 Å². The van der Waals surface area contributed by atoms with E-state index < -0.39 is 10.0 Å². The van der Waals surface area contributed by atoms with E-state index >= 15 is 0 Å². The Hall–Kier alpha value is -0.210. The van der Waals surface area contributed by atoms with Gasteiger partial charge in [-0.2, -0.15) is 4.31 Å². The van der Waals surface area contributed by atoms with Crippen LogP contribution in [0, 0.1) is 0 Å². The summed E-state index contributed by atoms with van der Waals surface area (Å²) in [5.41, 5.74) is 5.60. The van der Waals surface area contributed by atoms with Crippen molar-refractivity contribution in [1.82, 2.24) is 9.21 Å². The van der Waals surface area contributed by atoms with Gasteiger partial charge in [-0.1, -0.05) is 0 Å². The minimum atomic E-state index is -3.04. The molecule has 1 saturated heterocycles. The fourth-order valence-electron chi connectivity index (χ4n) is 1.72. The molecular formula is C9H21N3O3S. The predicted octanol–water partition coefficient (Wildman–Crippen LogP) is -1.73. The van der Waals surface area contributed by atoms with Crippen molar-refractivity contribution in [1.29, 1.82) is 0 Å². The first-order chi connectivity index (χ1) is 7.43. The molecule has 16 heavy (non-hydrogen) atoms. The highest BCUT2D eigenvalue weighted by molar-refractivity contribution is 7.88. The van der Waals surface area contributed by atoms with E-state index in [9.17, 15) is 8.42 Å². The summed E-state index contributed by atoms with van der Waals surface area (Å²) in [5.74, 6) is 0. The van der Waals surface area contributed by atoms with Gasteiger partial charge >= 0.3 is 0 Å². The molecule has 96 valence electrons. The topological polar surface area (TPSA) is 86.9 Å². The highest BCUT2D eigenvalue weighted by Crippen LogP contribution is 2.06. The molecule has 0 spiro atoms. The van der Waals surface area contributed by atoms with Crippen molar-refractivity contribution >= 4 is 10.0 Å². The lowest BCUT2D eigenvalue weighted by Gasteiger charge is -2.33. The van der Waals surface area contributed by atoms with E-state index in [1.165, 1.54) is 10.6 Å². The number of piperazine rings is 1. The van der Waals surface area contributed by atoms with Gasteiger partial charge in [-0.3, -0.25) is 0 Å². The number of aliphatic hydroxyl groups is 1. The third-order valence-electron chi connectivity index (χ3n) is 2.85. The number of nitrogens with two attached hydrogens (primary N) is 1. The molecule has 1 aliphatic rings. The van der Waals surface area contributed by atoms with Crippen molar-refractivity contribution in [2.45, 2.75) is 12.5 Å². The molecule has 1 aliphatic heterocycles. The van der Waals surface area contributed by atoms with Crippen molar-refractivity contribution in [3.63, 3.8) is 0 Å². The maximum Gasteiger partial charge on any atom is 0.211 e.